The third-order valence-electron chi connectivity index (χ3n) is 4.43. The highest BCUT2D eigenvalue weighted by Crippen LogP contribution is 2.34. The van der Waals surface area contributed by atoms with E-state index in [-0.39, 0.29) is 0 Å². The predicted molar refractivity (Wildman–Crippen MR) is 83.7 cm³/mol. The molecule has 2 nitrogen and oxygen atoms in total. The van der Waals surface area contributed by atoms with Crippen LogP contribution in [0.2, 0.25) is 0 Å². The monoisotopic (exact) mass is 336 g/mol. The van der Waals surface area contributed by atoms with Crippen LogP contribution in [-0.4, -0.2) is 17.1 Å². The second-order valence-corrected chi connectivity index (χ2v) is 7.93. The van der Waals surface area contributed by atoms with Crippen molar-refractivity contribution in [2.24, 2.45) is 5.92 Å². The number of nitrogens with zero attached hydrogens (tertiary/aromatic N) is 1. The van der Waals surface area contributed by atoms with E-state index in [1.807, 2.05) is 11.3 Å². The SMILES string of the molecule is Brc1ccc2sc(CC3CC4CCC(C3)N4)nc2c1. The lowest BCUT2D eigenvalue weighted by molar-refractivity contribution is 0.298. The maximum Gasteiger partial charge on any atom is 0.0941 e. The van der Waals surface area contributed by atoms with Gasteiger partial charge in [0.1, 0.15) is 0 Å². The third-order valence-corrected chi connectivity index (χ3v) is 5.98. The summed E-state index contributed by atoms with van der Waals surface area (Å²) in [5, 5.41) is 5.04. The number of hydrogen-bond donors (Lipinski definition) is 1. The predicted octanol–water partition coefficient (Wildman–Crippen LogP) is 4.13. The van der Waals surface area contributed by atoms with Gasteiger partial charge in [-0.1, -0.05) is 15.9 Å². The molecule has 0 saturated carbocycles. The van der Waals surface area contributed by atoms with Crippen molar-refractivity contribution in [3.63, 3.8) is 0 Å². The van der Waals surface area contributed by atoms with Gasteiger partial charge < -0.3 is 5.32 Å². The van der Waals surface area contributed by atoms with E-state index in [4.69, 9.17) is 4.98 Å². The smallest absolute Gasteiger partial charge is 0.0941 e. The molecule has 2 bridgehead atoms. The molecule has 19 heavy (non-hydrogen) atoms. The average Bonchev–Trinajstić information content (AvgIpc) is 2.92. The number of benzene rings is 1. The van der Waals surface area contributed by atoms with Crippen LogP contribution in [0.25, 0.3) is 10.2 Å². The Morgan fingerprint density at radius 1 is 1.26 bits per heavy atom. The Morgan fingerprint density at radius 3 is 2.84 bits per heavy atom. The summed E-state index contributed by atoms with van der Waals surface area (Å²) in [6, 6.07) is 7.97. The van der Waals surface area contributed by atoms with Crippen LogP contribution in [0.4, 0.5) is 0 Å². The average molecular weight is 337 g/mol. The fourth-order valence-corrected chi connectivity index (χ4v) is 5.04. The largest absolute Gasteiger partial charge is 0.311 e. The molecule has 1 aromatic heterocycles. The van der Waals surface area contributed by atoms with Gasteiger partial charge in [0.15, 0.2) is 0 Å². The van der Waals surface area contributed by atoms with Crippen molar-refractivity contribution in [3.8, 4) is 0 Å². The van der Waals surface area contributed by atoms with Crippen LogP contribution in [0.1, 0.15) is 30.7 Å². The Hall–Kier alpha value is -0.450. The molecule has 2 aliphatic rings. The number of piperidine rings is 1. The summed E-state index contributed by atoms with van der Waals surface area (Å²) >= 11 is 5.39. The summed E-state index contributed by atoms with van der Waals surface area (Å²) in [6.07, 6.45) is 6.62. The number of thiazole rings is 1. The van der Waals surface area contributed by atoms with Crippen LogP contribution >= 0.6 is 27.3 Å². The third kappa shape index (κ3) is 2.46. The van der Waals surface area contributed by atoms with Gasteiger partial charge in [-0.25, -0.2) is 4.98 Å². The van der Waals surface area contributed by atoms with Crippen molar-refractivity contribution < 1.29 is 0 Å². The van der Waals surface area contributed by atoms with E-state index in [1.165, 1.54) is 41.8 Å². The van der Waals surface area contributed by atoms with Gasteiger partial charge in [-0.2, -0.15) is 0 Å². The molecule has 4 rings (SSSR count). The number of halogens is 1. The van der Waals surface area contributed by atoms with Gasteiger partial charge in [-0.05, 0) is 49.8 Å². The summed E-state index contributed by atoms with van der Waals surface area (Å²) in [7, 11) is 0. The fraction of sp³-hybridized carbons (Fsp3) is 0.533. The molecule has 4 heteroatoms. The molecule has 0 aliphatic carbocycles. The second kappa shape index (κ2) is 4.83. The Balaban J connectivity index is 1.54. The summed E-state index contributed by atoms with van der Waals surface area (Å²) in [4.78, 5) is 4.81. The van der Waals surface area contributed by atoms with Gasteiger partial charge in [0.25, 0.3) is 0 Å². The minimum absolute atomic E-state index is 0.785. The van der Waals surface area contributed by atoms with E-state index < -0.39 is 0 Å². The Kier molecular flexibility index (Phi) is 3.13. The summed E-state index contributed by atoms with van der Waals surface area (Å²) in [5.41, 5.74) is 1.14. The van der Waals surface area contributed by atoms with E-state index in [0.29, 0.717) is 0 Å². The van der Waals surface area contributed by atoms with Gasteiger partial charge in [0.05, 0.1) is 15.2 Å². The topological polar surface area (TPSA) is 24.9 Å². The molecule has 3 heterocycles. The number of hydrogen-bond acceptors (Lipinski definition) is 3. The first kappa shape index (κ1) is 12.3. The summed E-state index contributed by atoms with van der Waals surface area (Å²) in [6.45, 7) is 0. The molecule has 1 N–H and O–H groups in total. The molecule has 1 aromatic carbocycles. The first-order valence-corrected chi connectivity index (χ1v) is 8.68. The van der Waals surface area contributed by atoms with Crippen LogP contribution in [0.5, 0.6) is 0 Å². The highest BCUT2D eigenvalue weighted by molar-refractivity contribution is 9.10. The quantitative estimate of drug-likeness (QED) is 0.891. The molecule has 2 aromatic rings. The van der Waals surface area contributed by atoms with E-state index in [1.54, 1.807) is 0 Å². The number of rotatable bonds is 2. The van der Waals surface area contributed by atoms with Crippen LogP contribution in [0.3, 0.4) is 0 Å². The van der Waals surface area contributed by atoms with Crippen LogP contribution in [0.15, 0.2) is 22.7 Å². The Bertz CT molecular complexity index is 597. The van der Waals surface area contributed by atoms with Gasteiger partial charge >= 0.3 is 0 Å². The molecule has 0 spiro atoms. The molecule has 2 saturated heterocycles. The lowest BCUT2D eigenvalue weighted by Crippen LogP contribution is -2.38. The summed E-state index contributed by atoms with van der Waals surface area (Å²) < 4.78 is 2.44. The van der Waals surface area contributed by atoms with Gasteiger partial charge in [-0.15, -0.1) is 11.3 Å². The first-order valence-electron chi connectivity index (χ1n) is 7.07. The molecular weight excluding hydrogens is 320 g/mol. The van der Waals surface area contributed by atoms with E-state index in [9.17, 15) is 0 Å². The van der Waals surface area contributed by atoms with Crippen molar-refractivity contribution in [2.45, 2.75) is 44.2 Å². The molecule has 2 fully saturated rings. The molecule has 100 valence electrons. The molecule has 0 amide bonds. The minimum Gasteiger partial charge on any atom is -0.311 e. The molecule has 0 radical (unpaired) electrons. The van der Waals surface area contributed by atoms with Gasteiger partial charge in [0, 0.05) is 23.0 Å². The van der Waals surface area contributed by atoms with E-state index >= 15 is 0 Å². The molecular formula is C15H17BrN2S. The van der Waals surface area contributed by atoms with Crippen molar-refractivity contribution in [3.05, 3.63) is 27.7 Å². The molecule has 2 aliphatic heterocycles. The van der Waals surface area contributed by atoms with Crippen molar-refractivity contribution in [1.29, 1.82) is 0 Å². The Morgan fingerprint density at radius 2 is 2.05 bits per heavy atom. The minimum atomic E-state index is 0.785. The zero-order valence-electron chi connectivity index (χ0n) is 10.7. The highest BCUT2D eigenvalue weighted by atomic mass is 79.9. The van der Waals surface area contributed by atoms with E-state index in [0.717, 1.165) is 28.0 Å². The van der Waals surface area contributed by atoms with Gasteiger partial charge in [-0.3, -0.25) is 0 Å². The zero-order valence-corrected chi connectivity index (χ0v) is 13.1. The zero-order chi connectivity index (χ0) is 12.8. The van der Waals surface area contributed by atoms with Gasteiger partial charge in [0.2, 0.25) is 0 Å². The van der Waals surface area contributed by atoms with Crippen LogP contribution in [-0.2, 0) is 6.42 Å². The summed E-state index contributed by atoms with van der Waals surface area (Å²) in [5.74, 6) is 0.836. The maximum atomic E-state index is 4.81. The standard InChI is InChI=1S/C15H17BrN2S/c16-10-1-4-14-13(8-10)18-15(19-14)7-9-5-11-2-3-12(6-9)17-11/h1,4,8-9,11-12,17H,2-3,5-7H2. The number of nitrogens with one attached hydrogen (secondary N) is 1. The molecule has 2 atom stereocenters. The normalized spacial score (nSPS) is 30.1. The molecule has 2 unspecified atom stereocenters. The van der Waals surface area contributed by atoms with Crippen LogP contribution in [0, 0.1) is 5.92 Å². The Labute approximate surface area is 125 Å². The van der Waals surface area contributed by atoms with Crippen molar-refractivity contribution >= 4 is 37.5 Å². The van der Waals surface area contributed by atoms with E-state index in [2.05, 4.69) is 39.4 Å². The number of aromatic nitrogens is 1. The first-order chi connectivity index (χ1) is 9.26. The number of fused-ring (bicyclic) bond motifs is 3. The lowest BCUT2D eigenvalue weighted by Gasteiger charge is -2.28. The van der Waals surface area contributed by atoms with Crippen LogP contribution < -0.4 is 5.32 Å². The van der Waals surface area contributed by atoms with Crippen molar-refractivity contribution in [1.82, 2.24) is 10.3 Å². The highest BCUT2D eigenvalue weighted by Gasteiger charge is 2.33. The van der Waals surface area contributed by atoms with Crippen molar-refractivity contribution in [2.75, 3.05) is 0 Å². The maximum absolute atomic E-state index is 4.81. The lowest BCUT2D eigenvalue weighted by atomic mass is 9.90. The second-order valence-electron chi connectivity index (χ2n) is 5.90. The fourth-order valence-electron chi connectivity index (χ4n) is 3.62.